The third-order valence-corrected chi connectivity index (χ3v) is 1.76. The van der Waals surface area contributed by atoms with Crippen molar-refractivity contribution < 1.29 is 18.7 Å². The molecule has 82 valence electrons. The largest absolute Gasteiger partial charge is 0.460 e. The smallest absolute Gasteiger partial charge is 0.376 e. The summed E-state index contributed by atoms with van der Waals surface area (Å²) in [5, 5.41) is -0.369. The Kier molecular flexibility index (Phi) is 3.90. The average Bonchev–Trinajstić information content (AvgIpc) is 2.46. The number of hydrogen-bond acceptors (Lipinski definition) is 5. The lowest BCUT2D eigenvalue weighted by Gasteiger charge is -1.96. The Labute approximate surface area is 92.2 Å². The van der Waals surface area contributed by atoms with Gasteiger partial charge in [0.15, 0.2) is 5.12 Å². The number of aryl methyl sites for hydroxylation is 1. The molecule has 0 aliphatic carbocycles. The lowest BCUT2D eigenvalue weighted by Crippen LogP contribution is -2.04. The van der Waals surface area contributed by atoms with Gasteiger partial charge in [0.05, 0.1) is 18.7 Å². The van der Waals surface area contributed by atoms with Crippen molar-refractivity contribution in [1.82, 2.24) is 4.98 Å². The molecule has 0 aliphatic rings. The minimum atomic E-state index is -0.569. The second-order valence-corrected chi connectivity index (χ2v) is 3.31. The summed E-state index contributed by atoms with van der Waals surface area (Å²) in [5.41, 5.74) is 0.415. The molecule has 5 nitrogen and oxygen atoms in total. The van der Waals surface area contributed by atoms with E-state index in [0.29, 0.717) is 5.69 Å². The maximum atomic E-state index is 11.3. The molecule has 0 fully saturated rings. The molecule has 0 unspecified atom stereocenters. The minimum Gasteiger partial charge on any atom is -0.460 e. The minimum absolute atomic E-state index is 0.0383. The molecule has 1 rings (SSSR count). The third-order valence-electron chi connectivity index (χ3n) is 1.60. The zero-order valence-electron chi connectivity index (χ0n) is 8.44. The fourth-order valence-electron chi connectivity index (χ4n) is 1.04. The Hall–Kier alpha value is -1.30. The monoisotopic (exact) mass is 229 g/mol. The van der Waals surface area contributed by atoms with Crippen LogP contribution in [0.4, 0.5) is 0 Å². The first kappa shape index (κ1) is 11.8. The van der Waals surface area contributed by atoms with Gasteiger partial charge in [-0.1, -0.05) is 0 Å². The van der Waals surface area contributed by atoms with Crippen LogP contribution in [0.3, 0.4) is 0 Å². The number of carbonyl (C=O) groups is 2. The molecule has 1 aromatic rings. The Morgan fingerprint density at radius 2 is 2.20 bits per heavy atom. The van der Waals surface area contributed by atoms with Crippen LogP contribution in [-0.2, 0) is 16.0 Å². The average molecular weight is 229 g/mol. The summed E-state index contributed by atoms with van der Waals surface area (Å²) < 4.78 is 9.83. The molecule has 0 bridgehead atoms. The second kappa shape index (κ2) is 4.97. The molecule has 0 N–H and O–H groups in total. The highest BCUT2D eigenvalue weighted by atomic mass is 32.1. The zero-order valence-corrected chi connectivity index (χ0v) is 9.34. The number of esters is 1. The molecule has 0 saturated heterocycles. The van der Waals surface area contributed by atoms with Gasteiger partial charge in [-0.25, -0.2) is 9.78 Å². The molecule has 0 radical (unpaired) electrons. The Morgan fingerprint density at radius 3 is 2.73 bits per heavy atom. The van der Waals surface area contributed by atoms with Crippen LogP contribution in [0.5, 0.6) is 0 Å². The van der Waals surface area contributed by atoms with Crippen LogP contribution < -0.4 is 0 Å². The molecule has 1 heterocycles. The van der Waals surface area contributed by atoms with E-state index in [1.807, 2.05) is 0 Å². The summed E-state index contributed by atoms with van der Waals surface area (Å²) in [6.07, 6.45) is -0.0383. The molecule has 0 amide bonds. The van der Waals surface area contributed by atoms with Gasteiger partial charge in [-0.2, -0.15) is 0 Å². The molecule has 0 spiro atoms. The van der Waals surface area contributed by atoms with Crippen molar-refractivity contribution in [1.29, 1.82) is 0 Å². The second-order valence-electron chi connectivity index (χ2n) is 2.81. The van der Waals surface area contributed by atoms with Crippen LogP contribution in [0, 0.1) is 6.92 Å². The van der Waals surface area contributed by atoms with Crippen LogP contribution >= 0.6 is 12.6 Å². The van der Waals surface area contributed by atoms with Gasteiger partial charge in [-0.3, -0.25) is 4.79 Å². The van der Waals surface area contributed by atoms with Gasteiger partial charge < -0.3 is 9.15 Å². The quantitative estimate of drug-likeness (QED) is 0.619. The van der Waals surface area contributed by atoms with Crippen LogP contribution in [0.1, 0.15) is 29.1 Å². The predicted octanol–water partition coefficient (Wildman–Crippen LogP) is 1.16. The summed E-state index contributed by atoms with van der Waals surface area (Å²) in [6.45, 7) is 3.57. The van der Waals surface area contributed by atoms with Gasteiger partial charge in [-0.05, 0) is 13.8 Å². The van der Waals surface area contributed by atoms with E-state index in [4.69, 9.17) is 9.15 Å². The predicted molar refractivity (Wildman–Crippen MR) is 54.9 cm³/mol. The molecule has 0 saturated carbocycles. The van der Waals surface area contributed by atoms with E-state index in [1.165, 1.54) is 0 Å². The highest BCUT2D eigenvalue weighted by Crippen LogP contribution is 2.12. The topological polar surface area (TPSA) is 69.4 Å². The van der Waals surface area contributed by atoms with Crippen molar-refractivity contribution in [2.45, 2.75) is 20.3 Å². The van der Waals surface area contributed by atoms with Gasteiger partial charge >= 0.3 is 5.97 Å². The van der Waals surface area contributed by atoms with Gasteiger partial charge in [0.1, 0.15) is 0 Å². The van der Waals surface area contributed by atoms with Crippen molar-refractivity contribution in [2.75, 3.05) is 6.61 Å². The molecule has 0 aliphatic heterocycles. The van der Waals surface area contributed by atoms with Crippen LogP contribution in [-0.4, -0.2) is 22.7 Å². The molecule has 0 atom stereocenters. The third kappa shape index (κ3) is 3.09. The van der Waals surface area contributed by atoms with E-state index in [9.17, 15) is 9.59 Å². The number of rotatable bonds is 4. The van der Waals surface area contributed by atoms with Crippen molar-refractivity contribution in [3.8, 4) is 0 Å². The summed E-state index contributed by atoms with van der Waals surface area (Å²) in [4.78, 5) is 25.9. The van der Waals surface area contributed by atoms with Crippen LogP contribution in [0.25, 0.3) is 0 Å². The van der Waals surface area contributed by atoms with E-state index >= 15 is 0 Å². The van der Waals surface area contributed by atoms with E-state index < -0.39 is 5.97 Å². The maximum Gasteiger partial charge on any atom is 0.376 e. The summed E-state index contributed by atoms with van der Waals surface area (Å²) >= 11 is 3.59. The number of oxazole rings is 1. The van der Waals surface area contributed by atoms with Crippen molar-refractivity contribution in [2.24, 2.45) is 0 Å². The first-order chi connectivity index (χ1) is 7.04. The number of thiol groups is 1. The lowest BCUT2D eigenvalue weighted by atomic mass is 10.4. The number of hydrogen-bond donors (Lipinski definition) is 1. The van der Waals surface area contributed by atoms with Gasteiger partial charge in [0.25, 0.3) is 0 Å². The Morgan fingerprint density at radius 1 is 1.53 bits per heavy atom. The number of carbonyl (C=O) groups excluding carboxylic acids is 2. The van der Waals surface area contributed by atoms with E-state index in [0.717, 1.165) is 0 Å². The molecule has 15 heavy (non-hydrogen) atoms. The lowest BCUT2D eigenvalue weighted by molar-refractivity contribution is -0.110. The van der Waals surface area contributed by atoms with Gasteiger partial charge in [0.2, 0.25) is 11.7 Å². The molecule has 6 heteroatoms. The van der Waals surface area contributed by atoms with E-state index in [-0.39, 0.29) is 29.8 Å². The molecule has 0 aromatic carbocycles. The fraction of sp³-hybridized carbons (Fsp3) is 0.444. The van der Waals surface area contributed by atoms with Crippen molar-refractivity contribution >= 4 is 23.7 Å². The summed E-state index contributed by atoms with van der Waals surface area (Å²) in [5.74, 6) is -0.350. The van der Waals surface area contributed by atoms with Crippen LogP contribution in [0.2, 0.25) is 0 Å². The van der Waals surface area contributed by atoms with Crippen LogP contribution in [0.15, 0.2) is 4.42 Å². The molecular weight excluding hydrogens is 218 g/mol. The maximum absolute atomic E-state index is 11.3. The molecule has 1 aromatic heterocycles. The van der Waals surface area contributed by atoms with Gasteiger partial charge in [0, 0.05) is 0 Å². The number of aromatic nitrogens is 1. The SMILES string of the molecule is CCOC(=O)c1oc(CC(=O)S)nc1C. The molecular formula is C9H11NO4S. The zero-order chi connectivity index (χ0) is 11.4. The highest BCUT2D eigenvalue weighted by molar-refractivity contribution is 7.96. The Bertz CT molecular complexity index is 385. The first-order valence-corrected chi connectivity index (χ1v) is 4.84. The normalized spacial score (nSPS) is 10.1. The Balaban J connectivity index is 2.86. The number of nitrogens with zero attached hydrogens (tertiary/aromatic N) is 1. The standard InChI is InChI=1S/C9H11NO4S/c1-3-13-9(12)8-5(2)10-6(14-8)4-7(11)15/h3-4H2,1-2H3,(H,11,15). The number of ether oxygens (including phenoxy) is 1. The highest BCUT2D eigenvalue weighted by Gasteiger charge is 2.18. The van der Waals surface area contributed by atoms with Gasteiger partial charge in [-0.15, -0.1) is 12.6 Å². The van der Waals surface area contributed by atoms with E-state index in [1.54, 1.807) is 13.8 Å². The fourth-order valence-corrected chi connectivity index (χ4v) is 1.18. The summed E-state index contributed by atoms with van der Waals surface area (Å²) in [6, 6.07) is 0. The van der Waals surface area contributed by atoms with Crippen molar-refractivity contribution in [3.05, 3.63) is 17.3 Å². The first-order valence-electron chi connectivity index (χ1n) is 4.39. The summed E-state index contributed by atoms with van der Waals surface area (Å²) in [7, 11) is 0. The van der Waals surface area contributed by atoms with E-state index in [2.05, 4.69) is 17.6 Å². The van der Waals surface area contributed by atoms with Crippen molar-refractivity contribution in [3.63, 3.8) is 0 Å².